The van der Waals surface area contributed by atoms with Gasteiger partial charge in [-0.15, -0.1) is 0 Å². The molecule has 14 nitrogen and oxygen atoms in total. The summed E-state index contributed by atoms with van der Waals surface area (Å²) in [5.74, 6) is -7.91. The Kier molecular flexibility index (Phi) is 9.46. The summed E-state index contributed by atoms with van der Waals surface area (Å²) in [6.45, 7) is 2.23. The molecule has 188 valence electrons. The van der Waals surface area contributed by atoms with Crippen molar-refractivity contribution in [3.8, 4) is 0 Å². The van der Waals surface area contributed by atoms with E-state index >= 15 is 0 Å². The van der Waals surface area contributed by atoms with Crippen molar-refractivity contribution in [2.45, 2.75) is 70.2 Å². The van der Waals surface area contributed by atoms with Gasteiger partial charge in [-0.05, 0) is 31.6 Å². The number of esters is 1. The largest absolute Gasteiger partial charge is 0.481 e. The maximum absolute atomic E-state index is 12.7. The molecule has 33 heavy (non-hydrogen) atoms. The lowest BCUT2D eigenvalue weighted by Crippen LogP contribution is -2.48. The molecule has 0 heterocycles. The van der Waals surface area contributed by atoms with Crippen LogP contribution in [0, 0.1) is 43.9 Å². The van der Waals surface area contributed by atoms with Crippen LogP contribution < -0.4 is 0 Å². The Labute approximate surface area is 189 Å². The molecule has 0 aromatic carbocycles. The molecular weight excluding hydrogens is 448 g/mol. The van der Waals surface area contributed by atoms with Crippen molar-refractivity contribution in [1.29, 1.82) is 0 Å². The highest BCUT2D eigenvalue weighted by molar-refractivity contribution is 5.82. The summed E-state index contributed by atoms with van der Waals surface area (Å²) in [6.07, 6.45) is 1.94. The van der Waals surface area contributed by atoms with E-state index in [9.17, 15) is 34.9 Å². The van der Waals surface area contributed by atoms with Gasteiger partial charge in [0.05, 0.1) is 25.0 Å². The van der Waals surface area contributed by atoms with Gasteiger partial charge in [0, 0.05) is 36.5 Å². The third kappa shape index (κ3) is 7.03. The number of carbonyl (C=O) groups excluding carboxylic acids is 1. The Hall–Kier alpha value is -2.42. The number of rotatable bonds is 11. The average Bonchev–Trinajstić information content (AvgIpc) is 2.73. The fraction of sp³-hybridized carbons (Fsp3) is 0.895. The first-order chi connectivity index (χ1) is 15.5. The number of carboxylic acid groups (broad SMARTS) is 1. The van der Waals surface area contributed by atoms with E-state index in [0.29, 0.717) is 25.7 Å². The standard InChI is InChI=1S/C19H30N2O12/c1-19(2,32-18(24)16-12(17(22)23)6-4-8-15(16)21(27)28)33-31-10-13-11(9-30-29)5-3-7-14(13)20(25)26/h11-16,29H,3-10H2,1-2H3,(H,22,23). The SMILES string of the molecule is CC(C)(OOCC1C(COO)CCCC1[N+](=O)[O-])OC(=O)C1C(C(=O)O)CCCC1[N+](=O)[O-]. The number of carbonyl (C=O) groups is 2. The zero-order chi connectivity index (χ0) is 24.8. The van der Waals surface area contributed by atoms with Crippen LogP contribution in [-0.2, 0) is 29.0 Å². The molecule has 0 radical (unpaired) electrons. The second kappa shape index (κ2) is 11.6. The van der Waals surface area contributed by atoms with Crippen molar-refractivity contribution < 1.29 is 49.2 Å². The number of nitrogens with zero attached hydrogens (tertiary/aromatic N) is 2. The van der Waals surface area contributed by atoms with Gasteiger partial charge < -0.3 is 9.84 Å². The molecule has 2 aliphatic rings. The molecule has 0 aromatic rings. The minimum Gasteiger partial charge on any atom is -0.481 e. The van der Waals surface area contributed by atoms with Gasteiger partial charge in [0.2, 0.25) is 17.9 Å². The summed E-state index contributed by atoms with van der Waals surface area (Å²) < 4.78 is 5.22. The Morgan fingerprint density at radius 3 is 2.18 bits per heavy atom. The predicted molar refractivity (Wildman–Crippen MR) is 107 cm³/mol. The lowest BCUT2D eigenvalue weighted by molar-refractivity contribution is -0.544. The number of aliphatic carboxylic acids is 1. The summed E-state index contributed by atoms with van der Waals surface area (Å²) in [4.78, 5) is 60.5. The van der Waals surface area contributed by atoms with Crippen molar-refractivity contribution in [3.05, 3.63) is 20.2 Å². The van der Waals surface area contributed by atoms with Crippen molar-refractivity contribution in [2.75, 3.05) is 13.2 Å². The van der Waals surface area contributed by atoms with Gasteiger partial charge in [-0.1, -0.05) is 0 Å². The quantitative estimate of drug-likeness (QED) is 0.144. The Balaban J connectivity index is 2.02. The second-order valence-electron chi connectivity index (χ2n) is 8.95. The molecule has 14 heteroatoms. The summed E-state index contributed by atoms with van der Waals surface area (Å²) >= 11 is 0. The first kappa shape index (κ1) is 26.8. The predicted octanol–water partition coefficient (Wildman–Crippen LogP) is 1.91. The van der Waals surface area contributed by atoms with Gasteiger partial charge in [-0.2, -0.15) is 4.89 Å². The van der Waals surface area contributed by atoms with E-state index in [0.717, 1.165) is 0 Å². The molecule has 0 spiro atoms. The minimum absolute atomic E-state index is 0.0482. The van der Waals surface area contributed by atoms with E-state index in [2.05, 4.69) is 4.89 Å². The minimum atomic E-state index is -1.75. The summed E-state index contributed by atoms with van der Waals surface area (Å²) in [5.41, 5.74) is 0. The molecule has 0 aromatic heterocycles. The summed E-state index contributed by atoms with van der Waals surface area (Å²) in [5, 5.41) is 41.0. The van der Waals surface area contributed by atoms with Crippen molar-refractivity contribution in [1.82, 2.24) is 0 Å². The molecule has 0 aliphatic heterocycles. The number of hydrogen-bond acceptors (Lipinski definition) is 11. The maximum atomic E-state index is 12.7. The first-order valence-electron chi connectivity index (χ1n) is 10.8. The van der Waals surface area contributed by atoms with Crippen molar-refractivity contribution in [2.24, 2.45) is 23.7 Å². The molecule has 2 N–H and O–H groups in total. The van der Waals surface area contributed by atoms with Gasteiger partial charge in [0.15, 0.2) is 0 Å². The van der Waals surface area contributed by atoms with Crippen LogP contribution >= 0.6 is 0 Å². The number of hydrogen-bond donors (Lipinski definition) is 2. The zero-order valence-corrected chi connectivity index (χ0v) is 18.5. The molecule has 6 atom stereocenters. The lowest BCUT2D eigenvalue weighted by Gasteiger charge is -2.34. The van der Waals surface area contributed by atoms with Crippen LogP contribution in [0.2, 0.25) is 0 Å². The van der Waals surface area contributed by atoms with Gasteiger partial charge in [0.25, 0.3) is 0 Å². The van der Waals surface area contributed by atoms with Crippen LogP contribution in [0.3, 0.4) is 0 Å². The van der Waals surface area contributed by atoms with E-state index in [4.69, 9.17) is 19.8 Å². The van der Waals surface area contributed by atoms with E-state index < -0.39 is 57.4 Å². The van der Waals surface area contributed by atoms with Crippen molar-refractivity contribution in [3.63, 3.8) is 0 Å². The molecule has 2 aliphatic carbocycles. The van der Waals surface area contributed by atoms with Crippen LogP contribution in [0.25, 0.3) is 0 Å². The van der Waals surface area contributed by atoms with Crippen molar-refractivity contribution >= 4 is 11.9 Å². The van der Waals surface area contributed by atoms with Crippen LogP contribution in [0.1, 0.15) is 52.4 Å². The fourth-order valence-electron chi connectivity index (χ4n) is 4.73. The molecule has 0 bridgehead atoms. The van der Waals surface area contributed by atoms with Gasteiger partial charge in [0.1, 0.15) is 5.92 Å². The van der Waals surface area contributed by atoms with Gasteiger partial charge in [-0.25, -0.2) is 9.78 Å². The molecular formula is C19H30N2O12. The summed E-state index contributed by atoms with van der Waals surface area (Å²) in [7, 11) is 0. The zero-order valence-electron chi connectivity index (χ0n) is 18.5. The van der Waals surface area contributed by atoms with Crippen LogP contribution in [0.15, 0.2) is 0 Å². The molecule has 0 saturated heterocycles. The van der Waals surface area contributed by atoms with E-state index in [1.807, 2.05) is 0 Å². The first-order valence-corrected chi connectivity index (χ1v) is 10.8. The maximum Gasteiger partial charge on any atom is 0.319 e. The van der Waals surface area contributed by atoms with Crippen LogP contribution in [0.4, 0.5) is 0 Å². The fourth-order valence-corrected chi connectivity index (χ4v) is 4.73. The van der Waals surface area contributed by atoms with Gasteiger partial charge >= 0.3 is 11.9 Å². The topological polar surface area (TPSA) is 198 Å². The molecule has 6 unspecified atom stereocenters. The Morgan fingerprint density at radius 2 is 1.61 bits per heavy atom. The molecule has 2 saturated carbocycles. The average molecular weight is 478 g/mol. The highest BCUT2D eigenvalue weighted by Crippen LogP contribution is 2.35. The Bertz CT molecular complexity index is 706. The van der Waals surface area contributed by atoms with Crippen LogP contribution in [-0.4, -0.2) is 63.2 Å². The molecule has 0 amide bonds. The molecule has 2 fully saturated rings. The third-order valence-electron chi connectivity index (χ3n) is 6.32. The number of ether oxygens (including phenoxy) is 1. The van der Waals surface area contributed by atoms with Gasteiger partial charge in [-0.3, -0.25) is 35.1 Å². The second-order valence-corrected chi connectivity index (χ2v) is 8.95. The van der Waals surface area contributed by atoms with E-state index in [1.54, 1.807) is 0 Å². The third-order valence-corrected chi connectivity index (χ3v) is 6.32. The van der Waals surface area contributed by atoms with E-state index in [-0.39, 0.29) is 32.0 Å². The Morgan fingerprint density at radius 1 is 1.00 bits per heavy atom. The monoisotopic (exact) mass is 478 g/mol. The highest BCUT2D eigenvalue weighted by atomic mass is 17.2. The molecule has 2 rings (SSSR count). The highest BCUT2D eigenvalue weighted by Gasteiger charge is 2.50. The van der Waals surface area contributed by atoms with E-state index in [1.165, 1.54) is 13.8 Å². The summed E-state index contributed by atoms with van der Waals surface area (Å²) in [6, 6.07) is -2.33. The smallest absolute Gasteiger partial charge is 0.319 e. The number of carboxylic acids is 1. The number of nitro groups is 2. The normalized spacial score (nSPS) is 30.4. The van der Waals surface area contributed by atoms with Crippen LogP contribution in [0.5, 0.6) is 0 Å². The lowest BCUT2D eigenvalue weighted by atomic mass is 9.76.